The average Bonchev–Trinajstić information content (AvgIpc) is 3.05. The van der Waals surface area contributed by atoms with Crippen molar-refractivity contribution in [3.05, 3.63) is 24.0 Å². The van der Waals surface area contributed by atoms with Crippen molar-refractivity contribution in [2.24, 2.45) is 0 Å². The fraction of sp³-hybridized carbons (Fsp3) is 0.600. The number of amides is 1. The smallest absolute Gasteiger partial charge is 0.352 e. The summed E-state index contributed by atoms with van der Waals surface area (Å²) in [5.41, 5.74) is 0.163. The maximum atomic E-state index is 12.5. The molecule has 2 aliphatic heterocycles. The lowest BCUT2D eigenvalue weighted by atomic mass is 10.1. The minimum absolute atomic E-state index is 0.00718. The van der Waals surface area contributed by atoms with Crippen molar-refractivity contribution in [2.75, 3.05) is 19.6 Å². The van der Waals surface area contributed by atoms with Gasteiger partial charge in [0.1, 0.15) is 12.2 Å². The van der Waals surface area contributed by atoms with Gasteiger partial charge in [0, 0.05) is 31.4 Å². The van der Waals surface area contributed by atoms with Crippen LogP contribution >= 0.6 is 0 Å². The summed E-state index contributed by atoms with van der Waals surface area (Å²) >= 11 is 0. The standard InChI is InChI=1S/C15H21N3O3/c1-11-8-16-6-2-4-12(16)9-18(11)14(19)10-17-7-3-5-13(17)15(20)21/h3,5,7,11-12H,2,4,6,8-10H2,1H3,(H,20,21). The molecule has 2 aliphatic rings. The van der Waals surface area contributed by atoms with Gasteiger partial charge < -0.3 is 14.6 Å². The molecular weight excluding hydrogens is 270 g/mol. The third kappa shape index (κ3) is 2.68. The van der Waals surface area contributed by atoms with Gasteiger partial charge in [-0.05, 0) is 38.4 Å². The van der Waals surface area contributed by atoms with Crippen molar-refractivity contribution < 1.29 is 14.7 Å². The summed E-state index contributed by atoms with van der Waals surface area (Å²) in [5.74, 6) is -0.991. The van der Waals surface area contributed by atoms with Crippen LogP contribution in [0.15, 0.2) is 18.3 Å². The Morgan fingerprint density at radius 3 is 2.95 bits per heavy atom. The van der Waals surface area contributed by atoms with E-state index in [-0.39, 0.29) is 24.2 Å². The van der Waals surface area contributed by atoms with E-state index in [0.29, 0.717) is 6.04 Å². The highest BCUT2D eigenvalue weighted by Crippen LogP contribution is 2.24. The minimum Gasteiger partial charge on any atom is -0.477 e. The first-order valence-corrected chi connectivity index (χ1v) is 7.48. The number of aromatic nitrogens is 1. The predicted octanol–water partition coefficient (Wildman–Crippen LogP) is 0.881. The zero-order valence-corrected chi connectivity index (χ0v) is 12.2. The van der Waals surface area contributed by atoms with Crippen molar-refractivity contribution in [2.45, 2.75) is 38.4 Å². The lowest BCUT2D eigenvalue weighted by molar-refractivity contribution is -0.137. The number of aromatic carboxylic acids is 1. The number of nitrogens with zero attached hydrogens (tertiary/aromatic N) is 3. The molecule has 2 saturated heterocycles. The molecule has 21 heavy (non-hydrogen) atoms. The van der Waals surface area contributed by atoms with E-state index in [0.717, 1.165) is 26.1 Å². The fourth-order valence-electron chi connectivity index (χ4n) is 3.52. The third-order valence-corrected chi connectivity index (χ3v) is 4.61. The number of carboxylic acid groups (broad SMARTS) is 1. The second-order valence-electron chi connectivity index (χ2n) is 6.01. The van der Waals surface area contributed by atoms with Gasteiger partial charge in [0.15, 0.2) is 0 Å². The Labute approximate surface area is 123 Å². The molecule has 114 valence electrons. The van der Waals surface area contributed by atoms with E-state index in [4.69, 9.17) is 5.11 Å². The molecule has 0 spiro atoms. The van der Waals surface area contributed by atoms with Crippen LogP contribution in [-0.2, 0) is 11.3 Å². The molecule has 6 nitrogen and oxygen atoms in total. The molecule has 0 bridgehead atoms. The topological polar surface area (TPSA) is 65.8 Å². The number of carboxylic acids is 1. The molecule has 1 aromatic heterocycles. The molecule has 0 radical (unpaired) electrons. The van der Waals surface area contributed by atoms with Gasteiger partial charge in [0.05, 0.1) is 0 Å². The first kappa shape index (κ1) is 14.1. The number of piperazine rings is 1. The molecule has 0 aliphatic carbocycles. The Hall–Kier alpha value is -1.82. The van der Waals surface area contributed by atoms with Crippen LogP contribution in [0, 0.1) is 0 Å². The molecule has 1 amide bonds. The van der Waals surface area contributed by atoms with E-state index in [1.165, 1.54) is 17.1 Å². The van der Waals surface area contributed by atoms with Gasteiger partial charge in [-0.15, -0.1) is 0 Å². The first-order valence-electron chi connectivity index (χ1n) is 7.48. The van der Waals surface area contributed by atoms with Crippen LogP contribution in [0.25, 0.3) is 0 Å². The summed E-state index contributed by atoms with van der Waals surface area (Å²) in [5, 5.41) is 9.10. The molecule has 2 fully saturated rings. The summed E-state index contributed by atoms with van der Waals surface area (Å²) in [7, 11) is 0. The van der Waals surface area contributed by atoms with E-state index in [1.807, 2.05) is 4.90 Å². The van der Waals surface area contributed by atoms with E-state index in [1.54, 1.807) is 12.3 Å². The van der Waals surface area contributed by atoms with E-state index >= 15 is 0 Å². The van der Waals surface area contributed by atoms with Gasteiger partial charge in [-0.3, -0.25) is 9.69 Å². The number of rotatable bonds is 3. The van der Waals surface area contributed by atoms with Gasteiger partial charge in [-0.1, -0.05) is 0 Å². The number of carbonyl (C=O) groups is 2. The molecule has 1 aromatic rings. The second kappa shape index (κ2) is 5.52. The van der Waals surface area contributed by atoms with Crippen LogP contribution < -0.4 is 0 Å². The lowest BCUT2D eigenvalue weighted by Crippen LogP contribution is -2.57. The molecule has 2 atom stereocenters. The predicted molar refractivity (Wildman–Crippen MR) is 77.2 cm³/mol. The zero-order chi connectivity index (χ0) is 15.0. The Morgan fingerprint density at radius 1 is 1.38 bits per heavy atom. The van der Waals surface area contributed by atoms with Crippen LogP contribution in [-0.4, -0.2) is 63.1 Å². The minimum atomic E-state index is -0.999. The largest absolute Gasteiger partial charge is 0.477 e. The van der Waals surface area contributed by atoms with Crippen molar-refractivity contribution in [1.29, 1.82) is 0 Å². The van der Waals surface area contributed by atoms with Gasteiger partial charge in [-0.25, -0.2) is 4.79 Å². The quantitative estimate of drug-likeness (QED) is 0.898. The Kier molecular flexibility index (Phi) is 3.71. The SMILES string of the molecule is CC1CN2CCCC2CN1C(=O)Cn1cccc1C(=O)O. The van der Waals surface area contributed by atoms with Crippen molar-refractivity contribution in [3.8, 4) is 0 Å². The summed E-state index contributed by atoms with van der Waals surface area (Å²) in [6.45, 7) is 5.00. The molecule has 0 saturated carbocycles. The van der Waals surface area contributed by atoms with Crippen LogP contribution in [0.3, 0.4) is 0 Å². The van der Waals surface area contributed by atoms with Crippen LogP contribution in [0.2, 0.25) is 0 Å². The number of fused-ring (bicyclic) bond motifs is 1. The second-order valence-corrected chi connectivity index (χ2v) is 6.01. The van der Waals surface area contributed by atoms with Crippen molar-refractivity contribution in [1.82, 2.24) is 14.4 Å². The first-order chi connectivity index (χ1) is 10.1. The highest BCUT2D eigenvalue weighted by Gasteiger charge is 2.36. The fourth-order valence-corrected chi connectivity index (χ4v) is 3.52. The monoisotopic (exact) mass is 291 g/mol. The van der Waals surface area contributed by atoms with Crippen LogP contribution in [0.4, 0.5) is 0 Å². The highest BCUT2D eigenvalue weighted by molar-refractivity contribution is 5.87. The average molecular weight is 291 g/mol. The van der Waals surface area contributed by atoms with E-state index < -0.39 is 5.97 Å². The zero-order valence-electron chi connectivity index (χ0n) is 12.2. The van der Waals surface area contributed by atoms with Gasteiger partial charge >= 0.3 is 5.97 Å². The molecular formula is C15H21N3O3. The number of hydrogen-bond donors (Lipinski definition) is 1. The summed E-state index contributed by atoms with van der Waals surface area (Å²) in [4.78, 5) is 28.0. The van der Waals surface area contributed by atoms with Crippen LogP contribution in [0.1, 0.15) is 30.3 Å². The number of carbonyl (C=O) groups excluding carboxylic acids is 1. The molecule has 6 heteroatoms. The third-order valence-electron chi connectivity index (χ3n) is 4.61. The molecule has 3 rings (SSSR count). The van der Waals surface area contributed by atoms with Gasteiger partial charge in [0.2, 0.25) is 5.91 Å². The Bertz CT molecular complexity index is 554. The molecule has 1 N–H and O–H groups in total. The normalized spacial score (nSPS) is 25.9. The lowest BCUT2D eigenvalue weighted by Gasteiger charge is -2.42. The molecule has 2 unspecified atom stereocenters. The maximum Gasteiger partial charge on any atom is 0.352 e. The van der Waals surface area contributed by atoms with Crippen molar-refractivity contribution >= 4 is 11.9 Å². The van der Waals surface area contributed by atoms with E-state index in [9.17, 15) is 9.59 Å². The molecule has 3 heterocycles. The highest BCUT2D eigenvalue weighted by atomic mass is 16.4. The Morgan fingerprint density at radius 2 is 2.19 bits per heavy atom. The van der Waals surface area contributed by atoms with Gasteiger partial charge in [-0.2, -0.15) is 0 Å². The van der Waals surface area contributed by atoms with Crippen LogP contribution in [0.5, 0.6) is 0 Å². The Balaban J connectivity index is 1.70. The summed E-state index contributed by atoms with van der Waals surface area (Å²) in [6.07, 6.45) is 4.01. The summed E-state index contributed by atoms with van der Waals surface area (Å²) < 4.78 is 1.51. The maximum absolute atomic E-state index is 12.5. The van der Waals surface area contributed by atoms with Gasteiger partial charge in [0.25, 0.3) is 0 Å². The van der Waals surface area contributed by atoms with E-state index in [2.05, 4.69) is 11.8 Å². The van der Waals surface area contributed by atoms with Crippen molar-refractivity contribution in [3.63, 3.8) is 0 Å². The number of hydrogen-bond acceptors (Lipinski definition) is 3. The summed E-state index contributed by atoms with van der Waals surface area (Å²) in [6, 6.07) is 3.85. The molecule has 0 aromatic carbocycles.